The SMILES string of the molecule is C#Cc1cccc2cc(O)cc(-c3ncc4c(N5CC(C)CN(CC)C(CC)C5)nc(OCC56CCCN5CCC6)nc4c3F)c12. The first kappa shape index (κ1) is 30.6. The maximum absolute atomic E-state index is 17.0. The molecule has 5 heterocycles. The van der Waals surface area contributed by atoms with Crippen LogP contribution in [0, 0.1) is 24.1 Å². The van der Waals surface area contributed by atoms with E-state index in [2.05, 4.69) is 46.4 Å². The van der Waals surface area contributed by atoms with Crippen molar-refractivity contribution < 1.29 is 14.2 Å². The number of rotatable bonds is 7. The average Bonchev–Trinajstić information content (AvgIpc) is 3.59. The van der Waals surface area contributed by atoms with Gasteiger partial charge in [-0.3, -0.25) is 14.8 Å². The molecule has 0 aliphatic carbocycles. The summed E-state index contributed by atoms with van der Waals surface area (Å²) in [7, 11) is 0. The van der Waals surface area contributed by atoms with Crippen molar-refractivity contribution in [2.45, 2.75) is 64.5 Å². The van der Waals surface area contributed by atoms with Crippen molar-refractivity contribution in [2.24, 2.45) is 5.92 Å². The first-order valence-corrected chi connectivity index (χ1v) is 16.8. The van der Waals surface area contributed by atoms with Crippen LogP contribution in [0.5, 0.6) is 11.8 Å². The van der Waals surface area contributed by atoms with Gasteiger partial charge in [-0.05, 0) is 81.2 Å². The number of anilines is 1. The molecule has 1 N–H and O–H groups in total. The molecule has 3 saturated heterocycles. The lowest BCUT2D eigenvalue weighted by Crippen LogP contribution is -2.43. The number of hydrogen-bond donors (Lipinski definition) is 1. The lowest BCUT2D eigenvalue weighted by Gasteiger charge is -2.32. The molecular formula is C37H43FN6O2. The molecule has 2 atom stereocenters. The van der Waals surface area contributed by atoms with Gasteiger partial charge < -0.3 is 14.7 Å². The molecule has 0 amide bonds. The van der Waals surface area contributed by atoms with Gasteiger partial charge in [0.1, 0.15) is 29.4 Å². The van der Waals surface area contributed by atoms with Crippen molar-refractivity contribution >= 4 is 27.5 Å². The molecule has 2 aromatic heterocycles. The molecule has 0 spiro atoms. The molecule has 2 aromatic carbocycles. The van der Waals surface area contributed by atoms with Crippen molar-refractivity contribution in [2.75, 3.05) is 50.8 Å². The van der Waals surface area contributed by atoms with E-state index in [0.29, 0.717) is 51.7 Å². The van der Waals surface area contributed by atoms with Gasteiger partial charge in [0, 0.05) is 48.4 Å². The van der Waals surface area contributed by atoms with E-state index in [9.17, 15) is 5.11 Å². The third-order valence-electron chi connectivity index (χ3n) is 10.5. The van der Waals surface area contributed by atoms with Gasteiger partial charge in [0.2, 0.25) is 0 Å². The van der Waals surface area contributed by atoms with E-state index in [1.165, 1.54) is 6.07 Å². The lowest BCUT2D eigenvalue weighted by molar-refractivity contribution is 0.108. The van der Waals surface area contributed by atoms with E-state index in [-0.39, 0.29) is 28.5 Å². The Hall–Kier alpha value is -4.00. The van der Waals surface area contributed by atoms with Crippen LogP contribution in [-0.2, 0) is 0 Å². The standard InChI is InChI=1S/C37H43FN6O2/c1-5-25-11-8-12-26-17-28(45)18-29(31(25)26)33-32(38)34-30(19-39-33)35(43-21-24(4)20-42(7-3)27(6-2)22-43)41-36(40-34)46-23-37-13-9-15-44(37)16-10-14-37/h1,8,11-12,17-19,24,27,45H,6-7,9-10,13-16,20-23H2,2-4H3. The van der Waals surface area contributed by atoms with Crippen LogP contribution >= 0.6 is 0 Å². The van der Waals surface area contributed by atoms with Crippen molar-refractivity contribution in [3.8, 4) is 35.4 Å². The highest BCUT2D eigenvalue weighted by molar-refractivity contribution is 6.02. The molecule has 7 rings (SSSR count). The first-order valence-electron chi connectivity index (χ1n) is 16.8. The van der Waals surface area contributed by atoms with E-state index in [0.717, 1.165) is 71.4 Å². The summed E-state index contributed by atoms with van der Waals surface area (Å²) in [6.07, 6.45) is 13.0. The van der Waals surface area contributed by atoms with E-state index in [1.807, 2.05) is 18.2 Å². The summed E-state index contributed by atoms with van der Waals surface area (Å²) in [5, 5.41) is 12.5. The first-order chi connectivity index (χ1) is 22.3. The van der Waals surface area contributed by atoms with Gasteiger partial charge >= 0.3 is 6.01 Å². The Morgan fingerprint density at radius 1 is 1.11 bits per heavy atom. The van der Waals surface area contributed by atoms with Crippen LogP contribution in [0.1, 0.15) is 58.4 Å². The van der Waals surface area contributed by atoms with Gasteiger partial charge in [0.25, 0.3) is 0 Å². The molecule has 2 unspecified atom stereocenters. The second-order valence-electron chi connectivity index (χ2n) is 13.4. The van der Waals surface area contributed by atoms with E-state index in [1.54, 1.807) is 12.3 Å². The van der Waals surface area contributed by atoms with Crippen LogP contribution in [0.3, 0.4) is 0 Å². The molecule has 46 heavy (non-hydrogen) atoms. The Morgan fingerprint density at radius 2 is 1.91 bits per heavy atom. The van der Waals surface area contributed by atoms with Gasteiger partial charge in [-0.15, -0.1) is 6.42 Å². The minimum Gasteiger partial charge on any atom is -0.508 e. The van der Waals surface area contributed by atoms with Crippen LogP contribution in [0.25, 0.3) is 32.9 Å². The van der Waals surface area contributed by atoms with Crippen LogP contribution in [0.2, 0.25) is 0 Å². The monoisotopic (exact) mass is 622 g/mol. The molecule has 3 aliphatic rings. The van der Waals surface area contributed by atoms with Gasteiger partial charge in [-0.25, -0.2) is 4.39 Å². The Balaban J connectivity index is 1.38. The van der Waals surface area contributed by atoms with E-state index >= 15 is 4.39 Å². The van der Waals surface area contributed by atoms with Crippen LogP contribution < -0.4 is 9.64 Å². The highest BCUT2D eigenvalue weighted by Gasteiger charge is 2.45. The van der Waals surface area contributed by atoms with E-state index < -0.39 is 5.82 Å². The number of aromatic hydroxyl groups is 1. The minimum absolute atomic E-state index is 0.00140. The molecule has 0 saturated carbocycles. The van der Waals surface area contributed by atoms with E-state index in [4.69, 9.17) is 21.1 Å². The zero-order valence-electron chi connectivity index (χ0n) is 27.1. The van der Waals surface area contributed by atoms with Crippen molar-refractivity contribution in [1.29, 1.82) is 0 Å². The number of hydrogen-bond acceptors (Lipinski definition) is 8. The van der Waals surface area contributed by atoms with Crippen LogP contribution in [-0.4, -0.2) is 87.3 Å². The summed E-state index contributed by atoms with van der Waals surface area (Å²) in [5.41, 5.74) is 1.26. The average molecular weight is 623 g/mol. The number of benzene rings is 2. The fourth-order valence-corrected chi connectivity index (χ4v) is 8.27. The lowest BCUT2D eigenvalue weighted by atomic mass is 9.95. The number of likely N-dealkylation sites (N-methyl/N-ethyl adjacent to an activating group) is 1. The summed E-state index contributed by atoms with van der Waals surface area (Å²) in [5.74, 6) is 3.17. The number of aromatic nitrogens is 3. The summed E-state index contributed by atoms with van der Waals surface area (Å²) < 4.78 is 23.4. The van der Waals surface area contributed by atoms with Crippen molar-refractivity contribution in [3.05, 3.63) is 47.9 Å². The number of phenolic OH excluding ortho intramolecular Hbond substituents is 1. The molecule has 0 radical (unpaired) electrons. The topological polar surface area (TPSA) is 77.9 Å². The molecule has 240 valence electrons. The molecular weight excluding hydrogens is 579 g/mol. The Labute approximate surface area is 270 Å². The summed E-state index contributed by atoms with van der Waals surface area (Å²) >= 11 is 0. The normalized spacial score (nSPS) is 21.8. The second-order valence-corrected chi connectivity index (χ2v) is 13.4. The number of ether oxygens (including phenoxy) is 1. The predicted molar refractivity (Wildman–Crippen MR) is 181 cm³/mol. The number of halogens is 1. The third kappa shape index (κ3) is 5.31. The van der Waals surface area contributed by atoms with Crippen molar-refractivity contribution in [1.82, 2.24) is 24.8 Å². The number of nitrogens with zero attached hydrogens (tertiary/aromatic N) is 6. The summed E-state index contributed by atoms with van der Waals surface area (Å²) in [6, 6.07) is 9.17. The molecule has 9 heteroatoms. The number of terminal acetylenes is 1. The van der Waals surface area contributed by atoms with Crippen LogP contribution in [0.15, 0.2) is 36.5 Å². The van der Waals surface area contributed by atoms with Crippen molar-refractivity contribution in [3.63, 3.8) is 0 Å². The fourth-order valence-electron chi connectivity index (χ4n) is 8.27. The number of fused-ring (bicyclic) bond motifs is 3. The minimum atomic E-state index is -0.587. The Morgan fingerprint density at radius 3 is 2.65 bits per heavy atom. The smallest absolute Gasteiger partial charge is 0.319 e. The Kier molecular flexibility index (Phi) is 8.20. The molecule has 8 nitrogen and oxygen atoms in total. The number of phenols is 1. The molecule has 0 bridgehead atoms. The van der Waals surface area contributed by atoms with Gasteiger partial charge in [-0.2, -0.15) is 9.97 Å². The third-order valence-corrected chi connectivity index (χ3v) is 10.5. The quantitative estimate of drug-likeness (QED) is 0.243. The van der Waals surface area contributed by atoms with Gasteiger partial charge in [-0.1, -0.05) is 38.8 Å². The highest BCUT2D eigenvalue weighted by Crippen LogP contribution is 2.41. The highest BCUT2D eigenvalue weighted by atomic mass is 19.1. The zero-order chi connectivity index (χ0) is 32.0. The summed E-state index contributed by atoms with van der Waals surface area (Å²) in [6.45, 7) is 12.9. The second kappa shape index (κ2) is 12.3. The predicted octanol–water partition coefficient (Wildman–Crippen LogP) is 6.23. The zero-order valence-corrected chi connectivity index (χ0v) is 27.1. The molecule has 3 fully saturated rings. The Bertz CT molecular complexity index is 1810. The van der Waals surface area contributed by atoms with Gasteiger partial charge in [0.15, 0.2) is 5.82 Å². The number of pyridine rings is 1. The molecule has 4 aromatic rings. The molecule has 3 aliphatic heterocycles. The fraction of sp³-hybridized carbons (Fsp3) is 0.486. The maximum Gasteiger partial charge on any atom is 0.319 e. The van der Waals surface area contributed by atoms with Crippen LogP contribution in [0.4, 0.5) is 10.2 Å². The summed E-state index contributed by atoms with van der Waals surface area (Å²) in [4.78, 5) is 21.8. The maximum atomic E-state index is 17.0. The largest absolute Gasteiger partial charge is 0.508 e. The van der Waals surface area contributed by atoms with Gasteiger partial charge in [0.05, 0.1) is 10.9 Å².